The number of hydrogen-bond donors (Lipinski definition) is 1. The number of carbonyl (C=O) groups excluding carboxylic acids is 1. The molecule has 1 aliphatic rings. The van der Waals surface area contributed by atoms with E-state index in [1.807, 2.05) is 19.1 Å². The van der Waals surface area contributed by atoms with Gasteiger partial charge in [0.2, 0.25) is 10.0 Å². The van der Waals surface area contributed by atoms with Crippen molar-refractivity contribution in [1.29, 1.82) is 0 Å². The topological polar surface area (TPSA) is 66.5 Å². The average Bonchev–Trinajstić information content (AvgIpc) is 2.68. The molecule has 1 N–H and O–H groups in total. The Morgan fingerprint density at radius 2 is 2.07 bits per heavy atom. The smallest absolute Gasteiger partial charge is 0.254 e. The number of hydrogen-bond acceptors (Lipinski definition) is 3. The van der Waals surface area contributed by atoms with E-state index >= 15 is 0 Å². The lowest BCUT2D eigenvalue weighted by molar-refractivity contribution is 0.0950. The minimum absolute atomic E-state index is 0.0620. The molecule has 1 aliphatic heterocycles. The Morgan fingerprint density at radius 1 is 1.28 bits per heavy atom. The molecule has 29 heavy (non-hydrogen) atoms. The summed E-state index contributed by atoms with van der Waals surface area (Å²) in [5, 5.41) is 3.24. The van der Waals surface area contributed by atoms with Gasteiger partial charge in [-0.05, 0) is 61.1 Å². The van der Waals surface area contributed by atoms with Crippen molar-refractivity contribution in [2.24, 2.45) is 5.92 Å². The third-order valence-electron chi connectivity index (χ3n) is 5.03. The maximum absolute atomic E-state index is 14.2. The van der Waals surface area contributed by atoms with Crippen LogP contribution >= 0.6 is 11.6 Å². The summed E-state index contributed by atoms with van der Waals surface area (Å²) in [6.07, 6.45) is 2.30. The minimum atomic E-state index is -3.76. The van der Waals surface area contributed by atoms with E-state index in [9.17, 15) is 17.6 Å². The monoisotopic (exact) mass is 438 g/mol. The van der Waals surface area contributed by atoms with E-state index in [0.717, 1.165) is 30.5 Å². The molecule has 1 atom stereocenters. The van der Waals surface area contributed by atoms with Crippen molar-refractivity contribution in [2.75, 3.05) is 19.6 Å². The maximum atomic E-state index is 14.2. The molecule has 156 valence electrons. The van der Waals surface area contributed by atoms with Crippen LogP contribution in [0.4, 0.5) is 4.39 Å². The standard InChI is InChI=1S/C21H24ClFN2O3S/c1-15-4-3-11-25(14-15)29(27,28)18-7-8-20(23)19(13-18)21(26)24-10-9-16-5-2-6-17(22)12-16/h2,5-8,12-13,15H,3-4,9-11,14H2,1H3,(H,24,26). The van der Waals surface area contributed by atoms with Gasteiger partial charge in [-0.15, -0.1) is 0 Å². The number of halogens is 2. The molecule has 3 rings (SSSR count). The Labute approximate surface area is 175 Å². The minimum Gasteiger partial charge on any atom is -0.352 e. The zero-order valence-corrected chi connectivity index (χ0v) is 17.8. The quantitative estimate of drug-likeness (QED) is 0.744. The molecular weight excluding hydrogens is 415 g/mol. The summed E-state index contributed by atoms with van der Waals surface area (Å²) in [6.45, 7) is 3.15. The lowest BCUT2D eigenvalue weighted by Crippen LogP contribution is -2.39. The van der Waals surface area contributed by atoms with E-state index < -0.39 is 21.7 Å². The Kier molecular flexibility index (Phi) is 6.93. The highest BCUT2D eigenvalue weighted by Gasteiger charge is 2.29. The molecule has 1 saturated heterocycles. The van der Waals surface area contributed by atoms with Gasteiger partial charge in [-0.25, -0.2) is 12.8 Å². The summed E-state index contributed by atoms with van der Waals surface area (Å²) >= 11 is 5.94. The zero-order chi connectivity index (χ0) is 21.0. The van der Waals surface area contributed by atoms with Gasteiger partial charge in [0.25, 0.3) is 5.91 Å². The lowest BCUT2D eigenvalue weighted by atomic mass is 10.0. The number of sulfonamides is 1. The molecule has 0 aliphatic carbocycles. The van der Waals surface area contributed by atoms with Gasteiger partial charge in [0.05, 0.1) is 10.5 Å². The number of piperidine rings is 1. The fourth-order valence-corrected chi connectivity index (χ4v) is 5.30. The van der Waals surface area contributed by atoms with Crippen LogP contribution in [0.5, 0.6) is 0 Å². The van der Waals surface area contributed by atoms with E-state index in [1.165, 1.54) is 10.4 Å². The molecule has 0 radical (unpaired) electrons. The fraction of sp³-hybridized carbons (Fsp3) is 0.381. The van der Waals surface area contributed by atoms with Crippen molar-refractivity contribution in [3.05, 3.63) is 64.4 Å². The molecule has 5 nitrogen and oxygen atoms in total. The largest absolute Gasteiger partial charge is 0.352 e. The second-order valence-corrected chi connectivity index (χ2v) is 9.76. The van der Waals surface area contributed by atoms with Gasteiger partial charge < -0.3 is 5.32 Å². The van der Waals surface area contributed by atoms with Gasteiger partial charge in [-0.3, -0.25) is 4.79 Å². The number of rotatable bonds is 6. The highest BCUT2D eigenvalue weighted by atomic mass is 35.5. The molecular formula is C21H24ClFN2O3S. The van der Waals surface area contributed by atoms with Crippen molar-refractivity contribution < 1.29 is 17.6 Å². The molecule has 1 amide bonds. The summed E-state index contributed by atoms with van der Waals surface area (Å²) in [5.74, 6) is -1.13. The first-order valence-corrected chi connectivity index (χ1v) is 11.4. The summed E-state index contributed by atoms with van der Waals surface area (Å²) < 4.78 is 41.5. The van der Waals surface area contributed by atoms with Crippen LogP contribution in [0.3, 0.4) is 0 Å². The molecule has 1 unspecified atom stereocenters. The van der Waals surface area contributed by atoms with Gasteiger partial charge in [0.1, 0.15) is 5.82 Å². The Morgan fingerprint density at radius 3 is 2.79 bits per heavy atom. The van der Waals surface area contributed by atoms with Gasteiger partial charge in [-0.1, -0.05) is 30.7 Å². The van der Waals surface area contributed by atoms with Gasteiger partial charge in [-0.2, -0.15) is 4.31 Å². The molecule has 8 heteroatoms. The van der Waals surface area contributed by atoms with Crippen LogP contribution in [-0.2, 0) is 16.4 Å². The Bertz CT molecular complexity index is 997. The van der Waals surface area contributed by atoms with Crippen LogP contribution in [0.1, 0.15) is 35.7 Å². The number of nitrogens with one attached hydrogen (secondary N) is 1. The van der Waals surface area contributed by atoms with Crippen LogP contribution in [0.2, 0.25) is 5.02 Å². The van der Waals surface area contributed by atoms with Crippen LogP contribution in [0.15, 0.2) is 47.4 Å². The third-order valence-corrected chi connectivity index (χ3v) is 7.12. The molecule has 0 bridgehead atoms. The van der Waals surface area contributed by atoms with E-state index in [2.05, 4.69) is 5.32 Å². The first-order valence-electron chi connectivity index (χ1n) is 9.59. The number of amides is 1. The average molecular weight is 439 g/mol. The predicted molar refractivity (Wildman–Crippen MR) is 111 cm³/mol. The van der Waals surface area contributed by atoms with E-state index in [1.54, 1.807) is 12.1 Å². The van der Waals surface area contributed by atoms with Crippen molar-refractivity contribution in [3.8, 4) is 0 Å². The highest BCUT2D eigenvalue weighted by molar-refractivity contribution is 7.89. The third kappa shape index (κ3) is 5.35. The first-order chi connectivity index (χ1) is 13.8. The van der Waals surface area contributed by atoms with Crippen molar-refractivity contribution >= 4 is 27.5 Å². The fourth-order valence-electron chi connectivity index (χ4n) is 3.46. The van der Waals surface area contributed by atoms with E-state index in [4.69, 9.17) is 11.6 Å². The molecule has 2 aromatic carbocycles. The van der Waals surface area contributed by atoms with Gasteiger partial charge in [0.15, 0.2) is 0 Å². The molecule has 0 spiro atoms. The number of benzene rings is 2. The van der Waals surface area contributed by atoms with Crippen molar-refractivity contribution in [1.82, 2.24) is 9.62 Å². The molecule has 1 heterocycles. The normalized spacial score (nSPS) is 17.8. The number of nitrogens with zero attached hydrogens (tertiary/aromatic N) is 1. The second kappa shape index (κ2) is 9.24. The summed E-state index contributed by atoms with van der Waals surface area (Å²) in [4.78, 5) is 12.4. The molecule has 1 fully saturated rings. The summed E-state index contributed by atoms with van der Waals surface area (Å²) in [7, 11) is -3.76. The summed E-state index contributed by atoms with van der Waals surface area (Å²) in [5.41, 5.74) is 0.663. The number of carbonyl (C=O) groups is 1. The Hall–Kier alpha value is -1.96. The van der Waals surface area contributed by atoms with Gasteiger partial charge in [0, 0.05) is 24.7 Å². The van der Waals surface area contributed by atoms with Crippen molar-refractivity contribution in [3.63, 3.8) is 0 Å². The second-order valence-electron chi connectivity index (χ2n) is 7.39. The lowest BCUT2D eigenvalue weighted by Gasteiger charge is -2.30. The summed E-state index contributed by atoms with van der Waals surface area (Å²) in [6, 6.07) is 10.6. The van der Waals surface area contributed by atoms with Crippen LogP contribution < -0.4 is 5.32 Å². The molecule has 0 aromatic heterocycles. The van der Waals surface area contributed by atoms with Crippen LogP contribution in [-0.4, -0.2) is 38.3 Å². The Balaban J connectivity index is 1.71. The van der Waals surface area contributed by atoms with E-state index in [0.29, 0.717) is 24.5 Å². The predicted octanol–water partition coefficient (Wildman–Crippen LogP) is 3.87. The first kappa shape index (κ1) is 21.7. The molecule has 2 aromatic rings. The SMILES string of the molecule is CC1CCCN(S(=O)(=O)c2ccc(F)c(C(=O)NCCc3cccc(Cl)c3)c2)C1. The van der Waals surface area contributed by atoms with E-state index in [-0.39, 0.29) is 22.9 Å². The highest BCUT2D eigenvalue weighted by Crippen LogP contribution is 2.24. The maximum Gasteiger partial charge on any atom is 0.254 e. The van der Waals surface area contributed by atoms with Crippen molar-refractivity contribution in [2.45, 2.75) is 31.1 Å². The van der Waals surface area contributed by atoms with Crippen LogP contribution in [0.25, 0.3) is 0 Å². The molecule has 0 saturated carbocycles. The zero-order valence-electron chi connectivity index (χ0n) is 16.2. The van der Waals surface area contributed by atoms with Gasteiger partial charge >= 0.3 is 0 Å². The van der Waals surface area contributed by atoms with Crippen LogP contribution in [0, 0.1) is 11.7 Å².